The molecule has 0 amide bonds. The summed E-state index contributed by atoms with van der Waals surface area (Å²) in [6, 6.07) is 5.61. The van der Waals surface area contributed by atoms with Crippen LogP contribution in [0.1, 0.15) is 35.6 Å². The number of nitrogens with zero attached hydrogens (tertiary/aromatic N) is 2. The molecule has 2 N–H and O–H groups in total. The predicted octanol–water partition coefficient (Wildman–Crippen LogP) is 3.86. The molecule has 26 heavy (non-hydrogen) atoms. The van der Waals surface area contributed by atoms with Crippen molar-refractivity contribution in [2.75, 3.05) is 19.0 Å². The third-order valence-electron chi connectivity index (χ3n) is 4.25. The number of aliphatic hydroxyl groups is 1. The molecular weight excluding hydrogens is 330 g/mol. The molecule has 138 valence electrons. The van der Waals surface area contributed by atoms with Gasteiger partial charge in [-0.25, -0.2) is 4.98 Å². The van der Waals surface area contributed by atoms with Crippen molar-refractivity contribution in [1.82, 2.24) is 4.98 Å². The van der Waals surface area contributed by atoms with Crippen molar-refractivity contribution in [3.63, 3.8) is 0 Å². The number of hydrogen-bond donors (Lipinski definition) is 2. The fraction of sp³-hybridized carbons (Fsp3) is 0.400. The van der Waals surface area contributed by atoms with Gasteiger partial charge in [-0.05, 0) is 56.0 Å². The first kappa shape index (κ1) is 19.5. The van der Waals surface area contributed by atoms with Crippen molar-refractivity contribution in [3.05, 3.63) is 40.6 Å². The minimum Gasteiger partial charge on any atom is -0.490 e. The van der Waals surface area contributed by atoms with E-state index in [0.29, 0.717) is 22.9 Å². The highest BCUT2D eigenvalue weighted by Gasteiger charge is 2.19. The quantitative estimate of drug-likeness (QED) is 0.784. The van der Waals surface area contributed by atoms with Gasteiger partial charge in [-0.15, -0.1) is 0 Å². The molecule has 1 aromatic carbocycles. The van der Waals surface area contributed by atoms with Gasteiger partial charge in [0, 0.05) is 12.2 Å². The summed E-state index contributed by atoms with van der Waals surface area (Å²) in [4.78, 5) is 4.37. The number of methoxy groups -OCH3 is 1. The number of ether oxygens (including phenoxy) is 2. The maximum atomic E-state index is 9.49. The number of aromatic nitrogens is 1. The van der Waals surface area contributed by atoms with Crippen LogP contribution in [-0.4, -0.2) is 29.8 Å². The van der Waals surface area contributed by atoms with E-state index in [2.05, 4.69) is 16.4 Å². The van der Waals surface area contributed by atoms with Crippen LogP contribution in [0.25, 0.3) is 0 Å². The molecule has 2 aromatic rings. The molecule has 0 saturated heterocycles. The first-order valence-corrected chi connectivity index (χ1v) is 8.55. The molecule has 0 radical (unpaired) electrons. The van der Waals surface area contributed by atoms with Gasteiger partial charge in [0.2, 0.25) is 5.75 Å². The monoisotopic (exact) mass is 355 g/mol. The fourth-order valence-corrected chi connectivity index (χ4v) is 2.76. The van der Waals surface area contributed by atoms with Crippen LogP contribution in [0.2, 0.25) is 0 Å². The van der Waals surface area contributed by atoms with Crippen LogP contribution in [0.4, 0.5) is 5.69 Å². The summed E-state index contributed by atoms with van der Waals surface area (Å²) in [5.41, 5.74) is 3.94. The van der Waals surface area contributed by atoms with E-state index in [1.165, 1.54) is 0 Å². The molecule has 0 aliphatic rings. The molecule has 1 unspecified atom stereocenters. The predicted molar refractivity (Wildman–Crippen MR) is 101 cm³/mol. The number of benzene rings is 1. The van der Waals surface area contributed by atoms with Crippen LogP contribution in [0, 0.1) is 32.1 Å². The summed E-state index contributed by atoms with van der Waals surface area (Å²) in [6.07, 6.45) is 2.48. The highest BCUT2D eigenvalue weighted by atomic mass is 16.5. The van der Waals surface area contributed by atoms with Crippen LogP contribution < -0.4 is 14.8 Å². The Labute approximate surface area is 154 Å². The second kappa shape index (κ2) is 8.54. The van der Waals surface area contributed by atoms with E-state index in [-0.39, 0.29) is 12.6 Å². The highest BCUT2D eigenvalue weighted by Crippen LogP contribution is 2.40. The van der Waals surface area contributed by atoms with Crippen LogP contribution in [0.3, 0.4) is 0 Å². The zero-order valence-electron chi connectivity index (χ0n) is 15.9. The SMILES string of the molecule is CCC(CO)Nc1c(C)cnc(Oc2c(C)cc(C#N)cc2C)c1OC. The lowest BCUT2D eigenvalue weighted by Crippen LogP contribution is -2.23. The number of pyridine rings is 1. The molecular formula is C20H25N3O3. The molecule has 1 aromatic heterocycles. The van der Waals surface area contributed by atoms with E-state index in [9.17, 15) is 5.11 Å². The number of rotatable bonds is 7. The van der Waals surface area contributed by atoms with Crippen molar-refractivity contribution in [2.24, 2.45) is 0 Å². The smallest absolute Gasteiger partial charge is 0.264 e. The van der Waals surface area contributed by atoms with Crippen molar-refractivity contribution in [3.8, 4) is 23.4 Å². The molecule has 6 nitrogen and oxygen atoms in total. The Bertz CT molecular complexity index is 801. The third-order valence-corrected chi connectivity index (χ3v) is 4.25. The molecule has 0 fully saturated rings. The number of anilines is 1. The molecule has 6 heteroatoms. The third kappa shape index (κ3) is 4.06. The van der Waals surface area contributed by atoms with Gasteiger partial charge < -0.3 is 19.9 Å². The van der Waals surface area contributed by atoms with E-state index >= 15 is 0 Å². The van der Waals surface area contributed by atoms with E-state index in [1.54, 1.807) is 25.4 Å². The minimum absolute atomic E-state index is 0.0193. The van der Waals surface area contributed by atoms with E-state index < -0.39 is 0 Å². The van der Waals surface area contributed by atoms with Gasteiger partial charge in [-0.2, -0.15) is 5.26 Å². The molecule has 0 saturated carbocycles. The molecule has 0 aliphatic carbocycles. The first-order chi connectivity index (χ1) is 12.4. The fourth-order valence-electron chi connectivity index (χ4n) is 2.76. The molecule has 2 rings (SSSR count). The van der Waals surface area contributed by atoms with Crippen molar-refractivity contribution in [1.29, 1.82) is 5.26 Å². The Morgan fingerprint density at radius 2 is 1.85 bits per heavy atom. The van der Waals surface area contributed by atoms with Gasteiger partial charge in [-0.1, -0.05) is 6.92 Å². The Kier molecular flexibility index (Phi) is 6.42. The van der Waals surface area contributed by atoms with Gasteiger partial charge in [0.05, 0.1) is 31.0 Å². The Hall–Kier alpha value is -2.78. The molecule has 1 heterocycles. The van der Waals surface area contributed by atoms with Crippen LogP contribution >= 0.6 is 0 Å². The van der Waals surface area contributed by atoms with Crippen LogP contribution in [0.5, 0.6) is 17.4 Å². The molecule has 0 aliphatic heterocycles. The average Bonchev–Trinajstić information content (AvgIpc) is 2.64. The van der Waals surface area contributed by atoms with Gasteiger partial charge >= 0.3 is 0 Å². The summed E-state index contributed by atoms with van der Waals surface area (Å²) in [6.45, 7) is 7.72. The van der Waals surface area contributed by atoms with Crippen LogP contribution in [-0.2, 0) is 0 Å². The molecule has 0 spiro atoms. The standard InChI is InChI=1S/C20H25N3O3/c1-6-16(11-24)23-17-14(4)10-22-20(19(17)25-5)26-18-12(2)7-15(9-21)8-13(18)3/h7-8,10,16,24H,6,11H2,1-5H3,(H,22,23). The molecule has 0 bridgehead atoms. The van der Waals surface area contributed by atoms with Gasteiger partial charge in [-0.3, -0.25) is 0 Å². The number of aryl methyl sites for hydroxylation is 3. The second-order valence-electron chi connectivity index (χ2n) is 6.24. The summed E-state index contributed by atoms with van der Waals surface area (Å²) in [5.74, 6) is 1.48. The van der Waals surface area contributed by atoms with Gasteiger partial charge in [0.15, 0.2) is 0 Å². The van der Waals surface area contributed by atoms with Crippen molar-refractivity contribution >= 4 is 5.69 Å². The summed E-state index contributed by atoms with van der Waals surface area (Å²) < 4.78 is 11.6. The maximum Gasteiger partial charge on any atom is 0.264 e. The van der Waals surface area contributed by atoms with Gasteiger partial charge in [0.1, 0.15) is 5.75 Å². The van der Waals surface area contributed by atoms with Crippen molar-refractivity contribution in [2.45, 2.75) is 40.2 Å². The van der Waals surface area contributed by atoms with Gasteiger partial charge in [0.25, 0.3) is 5.88 Å². The summed E-state index contributed by atoms with van der Waals surface area (Å²) >= 11 is 0. The zero-order valence-corrected chi connectivity index (χ0v) is 15.9. The minimum atomic E-state index is -0.0868. The first-order valence-electron chi connectivity index (χ1n) is 8.55. The summed E-state index contributed by atoms with van der Waals surface area (Å²) in [7, 11) is 1.56. The maximum absolute atomic E-state index is 9.49. The number of aliphatic hydroxyl groups excluding tert-OH is 1. The summed E-state index contributed by atoms with van der Waals surface area (Å²) in [5, 5.41) is 21.9. The van der Waals surface area contributed by atoms with E-state index in [1.807, 2.05) is 27.7 Å². The van der Waals surface area contributed by atoms with E-state index in [4.69, 9.17) is 14.7 Å². The zero-order chi connectivity index (χ0) is 19.3. The second-order valence-corrected chi connectivity index (χ2v) is 6.24. The lowest BCUT2D eigenvalue weighted by molar-refractivity contribution is 0.271. The number of hydrogen-bond acceptors (Lipinski definition) is 6. The Balaban J connectivity index is 2.47. The average molecular weight is 355 g/mol. The highest BCUT2D eigenvalue weighted by molar-refractivity contribution is 5.66. The number of nitriles is 1. The topological polar surface area (TPSA) is 87.4 Å². The normalized spacial score (nSPS) is 11.6. The van der Waals surface area contributed by atoms with E-state index in [0.717, 1.165) is 28.8 Å². The lowest BCUT2D eigenvalue weighted by atomic mass is 10.1. The molecule has 1 atom stereocenters. The van der Waals surface area contributed by atoms with Crippen molar-refractivity contribution < 1.29 is 14.6 Å². The Morgan fingerprint density at radius 1 is 1.19 bits per heavy atom. The lowest BCUT2D eigenvalue weighted by Gasteiger charge is -2.21. The largest absolute Gasteiger partial charge is 0.490 e. The van der Waals surface area contributed by atoms with Crippen LogP contribution in [0.15, 0.2) is 18.3 Å². The Morgan fingerprint density at radius 3 is 2.35 bits per heavy atom. The number of nitrogens with one attached hydrogen (secondary N) is 1.